The van der Waals surface area contributed by atoms with Crippen LogP contribution in [0.5, 0.6) is 0 Å². The van der Waals surface area contributed by atoms with Crippen LogP contribution in [0.1, 0.15) is 5.56 Å². The van der Waals surface area contributed by atoms with Gasteiger partial charge in [-0.15, -0.1) is 0 Å². The maximum Gasteiger partial charge on any atom is 0.271 e. The largest absolute Gasteiger partial charge is 0.347 e. The van der Waals surface area contributed by atoms with Gasteiger partial charge in [0.2, 0.25) is 0 Å². The fourth-order valence-corrected chi connectivity index (χ4v) is 2.33. The van der Waals surface area contributed by atoms with Crippen LogP contribution in [-0.4, -0.2) is 19.3 Å². The van der Waals surface area contributed by atoms with Crippen molar-refractivity contribution in [1.82, 2.24) is 14.3 Å². The van der Waals surface area contributed by atoms with Crippen LogP contribution in [0.15, 0.2) is 42.9 Å². The molecule has 0 aliphatic rings. The summed E-state index contributed by atoms with van der Waals surface area (Å²) in [6, 6.07) is 6.92. The summed E-state index contributed by atoms with van der Waals surface area (Å²) in [5.74, 6) is 0. The summed E-state index contributed by atoms with van der Waals surface area (Å²) in [5, 5.41) is 16.0. The lowest BCUT2D eigenvalue weighted by atomic mass is 10.2. The first-order valence-electron chi connectivity index (χ1n) is 6.34. The molecule has 2 aromatic heterocycles. The Morgan fingerprint density at radius 1 is 1.35 bits per heavy atom. The molecule has 0 N–H and O–H groups in total. The predicted octanol–water partition coefficient (Wildman–Crippen LogP) is 2.53. The Hall–Kier alpha value is -2.63. The summed E-state index contributed by atoms with van der Waals surface area (Å²) < 4.78 is 3.81. The zero-order chi connectivity index (χ0) is 14.1. The van der Waals surface area contributed by atoms with Gasteiger partial charge in [0.1, 0.15) is 0 Å². The van der Waals surface area contributed by atoms with E-state index in [1.807, 2.05) is 36.3 Å². The highest BCUT2D eigenvalue weighted by atomic mass is 16.6. The van der Waals surface area contributed by atoms with Gasteiger partial charge in [-0.25, -0.2) is 0 Å². The highest BCUT2D eigenvalue weighted by Gasteiger charge is 2.09. The van der Waals surface area contributed by atoms with Gasteiger partial charge in [0.15, 0.2) is 0 Å². The summed E-state index contributed by atoms with van der Waals surface area (Å²) >= 11 is 0. The SMILES string of the molecule is Cn1cc(CCn2ccc3ccc([N+](=O)[O-])cc32)cn1. The molecule has 3 aromatic rings. The molecule has 0 spiro atoms. The first-order valence-corrected chi connectivity index (χ1v) is 6.34. The van der Waals surface area contributed by atoms with Gasteiger partial charge in [-0.3, -0.25) is 14.8 Å². The first kappa shape index (κ1) is 12.4. The molecule has 0 aliphatic heterocycles. The lowest BCUT2D eigenvalue weighted by molar-refractivity contribution is -0.384. The highest BCUT2D eigenvalue weighted by molar-refractivity contribution is 5.82. The van der Waals surface area contributed by atoms with Crippen molar-refractivity contribution >= 4 is 16.6 Å². The predicted molar refractivity (Wildman–Crippen MR) is 75.5 cm³/mol. The summed E-state index contributed by atoms with van der Waals surface area (Å²) in [7, 11) is 1.89. The second kappa shape index (κ2) is 4.80. The molecule has 3 rings (SSSR count). The third kappa shape index (κ3) is 2.27. The molecule has 0 aliphatic carbocycles. The number of benzene rings is 1. The number of rotatable bonds is 4. The molecule has 6 nitrogen and oxygen atoms in total. The van der Waals surface area contributed by atoms with E-state index in [2.05, 4.69) is 5.10 Å². The zero-order valence-electron chi connectivity index (χ0n) is 11.1. The molecule has 0 bridgehead atoms. The zero-order valence-corrected chi connectivity index (χ0v) is 11.1. The minimum Gasteiger partial charge on any atom is -0.347 e. The Balaban J connectivity index is 1.87. The van der Waals surface area contributed by atoms with Gasteiger partial charge in [-0.05, 0) is 24.1 Å². The normalized spacial score (nSPS) is 11.1. The number of fused-ring (bicyclic) bond motifs is 1. The Morgan fingerprint density at radius 3 is 2.90 bits per heavy atom. The maximum atomic E-state index is 10.8. The average molecular weight is 270 g/mol. The highest BCUT2D eigenvalue weighted by Crippen LogP contribution is 2.22. The van der Waals surface area contributed by atoms with Crippen LogP contribution in [0.3, 0.4) is 0 Å². The Kier molecular flexibility index (Phi) is 2.98. The van der Waals surface area contributed by atoms with E-state index < -0.39 is 0 Å². The van der Waals surface area contributed by atoms with Crippen molar-refractivity contribution in [2.75, 3.05) is 0 Å². The number of non-ortho nitro benzene ring substituents is 1. The van der Waals surface area contributed by atoms with Crippen LogP contribution < -0.4 is 0 Å². The fraction of sp³-hybridized carbons (Fsp3) is 0.214. The topological polar surface area (TPSA) is 65.9 Å². The van der Waals surface area contributed by atoms with Gasteiger partial charge in [0, 0.05) is 43.5 Å². The lowest BCUT2D eigenvalue weighted by Gasteiger charge is -2.04. The van der Waals surface area contributed by atoms with Crippen LogP contribution >= 0.6 is 0 Å². The van der Waals surface area contributed by atoms with E-state index in [0.717, 1.165) is 29.4 Å². The maximum absolute atomic E-state index is 10.8. The molecule has 0 radical (unpaired) electrons. The standard InChI is InChI=1S/C14H14N4O2/c1-16-10-11(9-15-16)4-6-17-7-5-12-2-3-13(18(19)20)8-14(12)17/h2-3,5,7-10H,4,6H2,1H3. The smallest absolute Gasteiger partial charge is 0.271 e. The van der Waals surface area contributed by atoms with Crippen molar-refractivity contribution in [1.29, 1.82) is 0 Å². The molecule has 0 fully saturated rings. The van der Waals surface area contributed by atoms with Crippen molar-refractivity contribution in [2.45, 2.75) is 13.0 Å². The number of hydrogen-bond acceptors (Lipinski definition) is 3. The van der Waals surface area contributed by atoms with E-state index in [4.69, 9.17) is 0 Å². The van der Waals surface area contributed by atoms with Gasteiger partial charge in [0.25, 0.3) is 5.69 Å². The van der Waals surface area contributed by atoms with E-state index in [9.17, 15) is 10.1 Å². The van der Waals surface area contributed by atoms with E-state index >= 15 is 0 Å². The molecule has 0 saturated heterocycles. The van der Waals surface area contributed by atoms with Crippen LogP contribution in [0.2, 0.25) is 0 Å². The van der Waals surface area contributed by atoms with Gasteiger partial charge < -0.3 is 4.57 Å². The van der Waals surface area contributed by atoms with Crippen LogP contribution in [0, 0.1) is 10.1 Å². The quantitative estimate of drug-likeness (QED) is 0.540. The number of nitro groups is 1. The minimum absolute atomic E-state index is 0.124. The number of nitro benzene ring substituents is 1. The van der Waals surface area contributed by atoms with Crippen LogP contribution in [0.4, 0.5) is 5.69 Å². The molecule has 0 amide bonds. The van der Waals surface area contributed by atoms with E-state index in [1.54, 1.807) is 16.8 Å². The molecular formula is C14H14N4O2. The van der Waals surface area contributed by atoms with Crippen LogP contribution in [-0.2, 0) is 20.0 Å². The van der Waals surface area contributed by atoms with Crippen molar-refractivity contribution in [3.63, 3.8) is 0 Å². The van der Waals surface area contributed by atoms with E-state index in [-0.39, 0.29) is 10.6 Å². The first-order chi connectivity index (χ1) is 9.63. The molecule has 6 heteroatoms. The van der Waals surface area contributed by atoms with Gasteiger partial charge in [-0.2, -0.15) is 5.10 Å². The van der Waals surface area contributed by atoms with Crippen molar-refractivity contribution < 1.29 is 4.92 Å². The summed E-state index contributed by atoms with van der Waals surface area (Å²) in [4.78, 5) is 10.5. The van der Waals surface area contributed by atoms with E-state index in [1.165, 1.54) is 6.07 Å². The Labute approximate surface area is 115 Å². The fourth-order valence-electron chi connectivity index (χ4n) is 2.33. The number of aryl methyl sites for hydroxylation is 3. The molecule has 1 aromatic carbocycles. The van der Waals surface area contributed by atoms with Crippen molar-refractivity contribution in [3.05, 3.63) is 58.5 Å². The molecular weight excluding hydrogens is 256 g/mol. The monoisotopic (exact) mass is 270 g/mol. The van der Waals surface area contributed by atoms with Crippen molar-refractivity contribution in [2.24, 2.45) is 7.05 Å². The van der Waals surface area contributed by atoms with Crippen LogP contribution in [0.25, 0.3) is 10.9 Å². The molecule has 2 heterocycles. The van der Waals surface area contributed by atoms with Gasteiger partial charge >= 0.3 is 0 Å². The van der Waals surface area contributed by atoms with Crippen molar-refractivity contribution in [3.8, 4) is 0 Å². The molecule has 102 valence electrons. The molecule has 0 atom stereocenters. The van der Waals surface area contributed by atoms with Gasteiger partial charge in [-0.1, -0.05) is 0 Å². The summed E-state index contributed by atoms with van der Waals surface area (Å²) in [6.45, 7) is 0.774. The third-order valence-corrected chi connectivity index (χ3v) is 3.37. The summed E-state index contributed by atoms with van der Waals surface area (Å²) in [6.07, 6.45) is 6.63. The molecule has 0 saturated carbocycles. The molecule has 20 heavy (non-hydrogen) atoms. The Bertz CT molecular complexity index is 772. The minimum atomic E-state index is -0.363. The Morgan fingerprint density at radius 2 is 2.20 bits per heavy atom. The van der Waals surface area contributed by atoms with E-state index in [0.29, 0.717) is 0 Å². The second-order valence-electron chi connectivity index (χ2n) is 4.78. The average Bonchev–Trinajstić information content (AvgIpc) is 3.02. The lowest BCUT2D eigenvalue weighted by Crippen LogP contribution is -1.99. The number of nitrogens with zero attached hydrogens (tertiary/aromatic N) is 4. The second-order valence-corrected chi connectivity index (χ2v) is 4.78. The molecule has 0 unspecified atom stereocenters. The third-order valence-electron chi connectivity index (χ3n) is 3.37. The number of hydrogen-bond donors (Lipinski definition) is 0. The van der Waals surface area contributed by atoms with Gasteiger partial charge in [0.05, 0.1) is 16.6 Å². The summed E-state index contributed by atoms with van der Waals surface area (Å²) in [5.41, 5.74) is 2.17. The number of aromatic nitrogens is 3.